The average molecular weight is 202 g/mol. The van der Waals surface area contributed by atoms with Crippen LogP contribution in [0, 0.1) is 0 Å². The van der Waals surface area contributed by atoms with Crippen LogP contribution in [0.15, 0.2) is 12.7 Å². The standard InChI is InChI=1S/C11H22OS/c1-5-7-8-9-13-10-11(3,4)12-6-2/h5H,1,6-10H2,2-4H3. The number of hydrogen-bond acceptors (Lipinski definition) is 2. The molecule has 0 fully saturated rings. The highest BCUT2D eigenvalue weighted by Gasteiger charge is 2.16. The first kappa shape index (κ1) is 13.1. The van der Waals surface area contributed by atoms with E-state index in [1.165, 1.54) is 12.2 Å². The van der Waals surface area contributed by atoms with Crippen molar-refractivity contribution >= 4 is 11.8 Å². The van der Waals surface area contributed by atoms with Gasteiger partial charge in [-0.3, -0.25) is 0 Å². The van der Waals surface area contributed by atoms with Crippen molar-refractivity contribution in [2.75, 3.05) is 18.1 Å². The van der Waals surface area contributed by atoms with E-state index in [9.17, 15) is 0 Å². The number of rotatable bonds is 8. The Balaban J connectivity index is 3.34. The molecule has 0 aliphatic heterocycles. The zero-order valence-electron chi connectivity index (χ0n) is 9.14. The molecule has 0 aromatic rings. The first-order valence-electron chi connectivity index (χ1n) is 4.95. The zero-order valence-corrected chi connectivity index (χ0v) is 9.95. The van der Waals surface area contributed by atoms with Crippen molar-refractivity contribution < 1.29 is 4.74 Å². The van der Waals surface area contributed by atoms with Gasteiger partial charge in [-0.1, -0.05) is 6.08 Å². The van der Waals surface area contributed by atoms with Crippen LogP contribution in [0.5, 0.6) is 0 Å². The van der Waals surface area contributed by atoms with E-state index in [1.807, 2.05) is 24.8 Å². The van der Waals surface area contributed by atoms with Crippen molar-refractivity contribution in [3.05, 3.63) is 12.7 Å². The van der Waals surface area contributed by atoms with Gasteiger partial charge in [0.25, 0.3) is 0 Å². The number of allylic oxidation sites excluding steroid dienone is 1. The van der Waals surface area contributed by atoms with E-state index in [0.29, 0.717) is 0 Å². The second kappa shape index (κ2) is 7.45. The average Bonchev–Trinajstić information content (AvgIpc) is 2.04. The van der Waals surface area contributed by atoms with E-state index < -0.39 is 0 Å². The van der Waals surface area contributed by atoms with Gasteiger partial charge < -0.3 is 4.74 Å². The van der Waals surface area contributed by atoms with Crippen LogP contribution in [-0.2, 0) is 4.74 Å². The molecule has 2 heteroatoms. The Hall–Kier alpha value is 0.0500. The predicted molar refractivity (Wildman–Crippen MR) is 62.5 cm³/mol. The molecule has 0 saturated heterocycles. The quantitative estimate of drug-likeness (QED) is 0.440. The van der Waals surface area contributed by atoms with E-state index in [4.69, 9.17) is 4.74 Å². The maximum Gasteiger partial charge on any atom is 0.0716 e. The van der Waals surface area contributed by atoms with E-state index in [-0.39, 0.29) is 5.60 Å². The molecule has 0 aliphatic rings. The lowest BCUT2D eigenvalue weighted by atomic mass is 10.2. The van der Waals surface area contributed by atoms with Gasteiger partial charge in [0.2, 0.25) is 0 Å². The molecule has 0 aromatic carbocycles. The Labute approximate surface area is 86.9 Å². The van der Waals surface area contributed by atoms with E-state index in [1.54, 1.807) is 0 Å². The van der Waals surface area contributed by atoms with Gasteiger partial charge in [0.05, 0.1) is 5.60 Å². The summed E-state index contributed by atoms with van der Waals surface area (Å²) in [4.78, 5) is 0. The maximum atomic E-state index is 5.59. The molecule has 0 aliphatic carbocycles. The predicted octanol–water partition coefficient (Wildman–Crippen LogP) is 3.50. The lowest BCUT2D eigenvalue weighted by molar-refractivity contribution is 0.00920. The molecule has 13 heavy (non-hydrogen) atoms. The van der Waals surface area contributed by atoms with Crippen molar-refractivity contribution in [3.8, 4) is 0 Å². The Kier molecular flexibility index (Phi) is 7.48. The Morgan fingerprint density at radius 2 is 2.15 bits per heavy atom. The Bertz CT molecular complexity index is 132. The van der Waals surface area contributed by atoms with Crippen LogP contribution in [0.2, 0.25) is 0 Å². The van der Waals surface area contributed by atoms with Gasteiger partial charge in [-0.2, -0.15) is 11.8 Å². The lowest BCUT2D eigenvalue weighted by Gasteiger charge is -2.23. The molecule has 0 spiro atoms. The maximum absolute atomic E-state index is 5.59. The third-order valence-electron chi connectivity index (χ3n) is 1.68. The van der Waals surface area contributed by atoms with Gasteiger partial charge in [0.15, 0.2) is 0 Å². The molecule has 0 amide bonds. The summed E-state index contributed by atoms with van der Waals surface area (Å²) in [5.74, 6) is 2.29. The number of ether oxygens (including phenoxy) is 1. The van der Waals surface area contributed by atoms with Crippen LogP contribution >= 0.6 is 11.8 Å². The molecule has 0 radical (unpaired) electrons. The second-order valence-electron chi connectivity index (χ2n) is 3.68. The highest BCUT2D eigenvalue weighted by molar-refractivity contribution is 7.99. The van der Waals surface area contributed by atoms with Crippen LogP contribution in [0.1, 0.15) is 33.6 Å². The van der Waals surface area contributed by atoms with Crippen LogP contribution in [0.3, 0.4) is 0 Å². The van der Waals surface area contributed by atoms with Gasteiger partial charge in [-0.25, -0.2) is 0 Å². The molecule has 0 atom stereocenters. The van der Waals surface area contributed by atoms with Crippen molar-refractivity contribution in [2.24, 2.45) is 0 Å². The summed E-state index contributed by atoms with van der Waals surface area (Å²) < 4.78 is 5.59. The van der Waals surface area contributed by atoms with E-state index in [2.05, 4.69) is 20.4 Å². The highest BCUT2D eigenvalue weighted by atomic mass is 32.2. The topological polar surface area (TPSA) is 9.23 Å². The molecule has 0 heterocycles. The normalized spacial score (nSPS) is 11.6. The summed E-state index contributed by atoms with van der Waals surface area (Å²) in [7, 11) is 0. The Morgan fingerprint density at radius 1 is 1.46 bits per heavy atom. The number of thioether (sulfide) groups is 1. The van der Waals surface area contributed by atoms with E-state index >= 15 is 0 Å². The van der Waals surface area contributed by atoms with Gasteiger partial charge in [-0.15, -0.1) is 6.58 Å². The highest BCUT2D eigenvalue weighted by Crippen LogP contribution is 2.17. The summed E-state index contributed by atoms with van der Waals surface area (Å²) >= 11 is 1.97. The van der Waals surface area contributed by atoms with Crippen LogP contribution in [0.25, 0.3) is 0 Å². The summed E-state index contributed by atoms with van der Waals surface area (Å²) in [6.07, 6.45) is 4.34. The summed E-state index contributed by atoms with van der Waals surface area (Å²) in [6, 6.07) is 0. The third kappa shape index (κ3) is 8.38. The van der Waals surface area contributed by atoms with Gasteiger partial charge >= 0.3 is 0 Å². The van der Waals surface area contributed by atoms with Crippen LogP contribution < -0.4 is 0 Å². The van der Waals surface area contributed by atoms with Gasteiger partial charge in [0, 0.05) is 12.4 Å². The second-order valence-corrected chi connectivity index (χ2v) is 4.78. The molecule has 0 N–H and O–H groups in total. The SMILES string of the molecule is C=CCCCSCC(C)(C)OCC. The first-order valence-corrected chi connectivity index (χ1v) is 6.10. The van der Waals surface area contributed by atoms with Crippen molar-refractivity contribution in [3.63, 3.8) is 0 Å². The molecule has 0 saturated carbocycles. The van der Waals surface area contributed by atoms with Gasteiger partial charge in [0.1, 0.15) is 0 Å². The smallest absolute Gasteiger partial charge is 0.0716 e. The van der Waals surface area contributed by atoms with Crippen LogP contribution in [-0.4, -0.2) is 23.7 Å². The molecule has 1 nitrogen and oxygen atoms in total. The minimum Gasteiger partial charge on any atom is -0.375 e. The van der Waals surface area contributed by atoms with E-state index in [0.717, 1.165) is 18.8 Å². The zero-order chi connectivity index (χ0) is 10.2. The lowest BCUT2D eigenvalue weighted by Crippen LogP contribution is -2.27. The fraction of sp³-hybridized carbons (Fsp3) is 0.818. The molecule has 0 bridgehead atoms. The largest absolute Gasteiger partial charge is 0.375 e. The van der Waals surface area contributed by atoms with Gasteiger partial charge in [-0.05, 0) is 39.4 Å². The van der Waals surface area contributed by atoms with Crippen molar-refractivity contribution in [1.29, 1.82) is 0 Å². The molecule has 78 valence electrons. The van der Waals surface area contributed by atoms with Crippen LogP contribution in [0.4, 0.5) is 0 Å². The third-order valence-corrected chi connectivity index (χ3v) is 3.16. The first-order chi connectivity index (χ1) is 6.12. The monoisotopic (exact) mass is 202 g/mol. The summed E-state index contributed by atoms with van der Waals surface area (Å²) in [5.41, 5.74) is 0.0353. The molecule has 0 aromatic heterocycles. The molecule has 0 unspecified atom stereocenters. The molecular weight excluding hydrogens is 180 g/mol. The number of hydrogen-bond donors (Lipinski definition) is 0. The fourth-order valence-electron chi connectivity index (χ4n) is 1.08. The minimum atomic E-state index is 0.0353. The summed E-state index contributed by atoms with van der Waals surface area (Å²) in [6.45, 7) is 10.9. The van der Waals surface area contributed by atoms with Crippen molar-refractivity contribution in [1.82, 2.24) is 0 Å². The molecular formula is C11H22OS. The fourth-order valence-corrected chi connectivity index (χ4v) is 2.17. The summed E-state index contributed by atoms with van der Waals surface area (Å²) in [5, 5.41) is 0. The Morgan fingerprint density at radius 3 is 2.69 bits per heavy atom. The molecule has 0 rings (SSSR count). The minimum absolute atomic E-state index is 0.0353. The van der Waals surface area contributed by atoms with Crippen molar-refractivity contribution in [2.45, 2.75) is 39.2 Å². The number of unbranched alkanes of at least 4 members (excludes halogenated alkanes) is 1.